The minimum Gasteiger partial charge on any atom is -0.357 e. The predicted molar refractivity (Wildman–Crippen MR) is 76.8 cm³/mol. The van der Waals surface area contributed by atoms with Gasteiger partial charge in [0, 0.05) is 19.6 Å². The van der Waals surface area contributed by atoms with E-state index < -0.39 is 0 Å². The quantitative estimate of drug-likeness (QED) is 0.887. The average Bonchev–Trinajstić information content (AvgIpc) is 2.39. The third-order valence-corrected chi connectivity index (χ3v) is 4.04. The number of aromatic nitrogens is 1. The minimum absolute atomic E-state index is 0.665. The van der Waals surface area contributed by atoms with Crippen LogP contribution in [-0.2, 0) is 6.54 Å². The van der Waals surface area contributed by atoms with Crippen molar-refractivity contribution in [2.45, 2.75) is 45.2 Å². The maximum Gasteiger partial charge on any atom is 0.128 e. The van der Waals surface area contributed by atoms with Gasteiger partial charge in [-0.05, 0) is 50.8 Å². The molecule has 1 aliphatic rings. The van der Waals surface area contributed by atoms with Crippen molar-refractivity contribution in [3.05, 3.63) is 23.9 Å². The molecule has 0 atom stereocenters. The van der Waals surface area contributed by atoms with Crippen molar-refractivity contribution in [3.8, 4) is 0 Å². The topological polar surface area (TPSA) is 28.2 Å². The number of rotatable bonds is 4. The molecule has 1 aliphatic carbocycles. The molecule has 0 amide bonds. The van der Waals surface area contributed by atoms with E-state index >= 15 is 0 Å². The standard InChI is InChI=1S/C15H25N3/c1-12-7-9-14(10-8-12)18(3)15-6-4-5-13(17-15)11-16-2/h4-6,12,14,16H,7-11H2,1-3H3. The Hall–Kier alpha value is -1.09. The summed E-state index contributed by atoms with van der Waals surface area (Å²) in [7, 11) is 4.15. The first-order chi connectivity index (χ1) is 8.70. The van der Waals surface area contributed by atoms with Crippen molar-refractivity contribution in [3.63, 3.8) is 0 Å². The number of hydrogen-bond donors (Lipinski definition) is 1. The first-order valence-corrected chi connectivity index (χ1v) is 7.04. The lowest BCUT2D eigenvalue weighted by molar-refractivity contribution is 0.340. The molecule has 1 fully saturated rings. The third kappa shape index (κ3) is 3.22. The van der Waals surface area contributed by atoms with Crippen LogP contribution in [0.2, 0.25) is 0 Å². The summed E-state index contributed by atoms with van der Waals surface area (Å²) in [6.45, 7) is 3.20. The highest BCUT2D eigenvalue weighted by molar-refractivity contribution is 5.39. The lowest BCUT2D eigenvalue weighted by Crippen LogP contribution is -2.35. The van der Waals surface area contributed by atoms with Gasteiger partial charge in [-0.2, -0.15) is 0 Å². The van der Waals surface area contributed by atoms with Gasteiger partial charge in [0.05, 0.1) is 5.69 Å². The van der Waals surface area contributed by atoms with Crippen molar-refractivity contribution in [2.75, 3.05) is 19.0 Å². The summed E-state index contributed by atoms with van der Waals surface area (Å²) < 4.78 is 0. The molecule has 1 aromatic rings. The molecule has 1 N–H and O–H groups in total. The monoisotopic (exact) mass is 247 g/mol. The Morgan fingerprint density at radius 1 is 1.28 bits per heavy atom. The summed E-state index contributed by atoms with van der Waals surface area (Å²) in [5.41, 5.74) is 1.12. The maximum atomic E-state index is 4.72. The summed E-state index contributed by atoms with van der Waals surface area (Å²) in [5.74, 6) is 2.01. The van der Waals surface area contributed by atoms with Crippen LogP contribution in [0, 0.1) is 5.92 Å². The van der Waals surface area contributed by atoms with Gasteiger partial charge < -0.3 is 10.2 Å². The second-order valence-electron chi connectivity index (χ2n) is 5.54. The molecule has 0 spiro atoms. The maximum absolute atomic E-state index is 4.72. The Balaban J connectivity index is 2.03. The van der Waals surface area contributed by atoms with Crippen LogP contribution in [0.3, 0.4) is 0 Å². The van der Waals surface area contributed by atoms with Crippen molar-refractivity contribution in [1.82, 2.24) is 10.3 Å². The Morgan fingerprint density at radius 3 is 2.67 bits per heavy atom. The molecule has 0 radical (unpaired) electrons. The van der Waals surface area contributed by atoms with Gasteiger partial charge in [0.15, 0.2) is 0 Å². The van der Waals surface area contributed by atoms with Gasteiger partial charge >= 0.3 is 0 Å². The largest absolute Gasteiger partial charge is 0.357 e. The highest BCUT2D eigenvalue weighted by Crippen LogP contribution is 2.28. The number of nitrogens with zero attached hydrogens (tertiary/aromatic N) is 2. The van der Waals surface area contributed by atoms with E-state index in [9.17, 15) is 0 Å². The number of anilines is 1. The highest BCUT2D eigenvalue weighted by atomic mass is 15.2. The van der Waals surface area contributed by atoms with Gasteiger partial charge in [0.25, 0.3) is 0 Å². The molecule has 3 heteroatoms. The van der Waals surface area contributed by atoms with Crippen LogP contribution in [0.25, 0.3) is 0 Å². The van der Waals surface area contributed by atoms with Crippen molar-refractivity contribution in [2.24, 2.45) is 5.92 Å². The second kappa shape index (κ2) is 6.19. The normalized spacial score (nSPS) is 23.9. The second-order valence-corrected chi connectivity index (χ2v) is 5.54. The van der Waals surface area contributed by atoms with Gasteiger partial charge in [-0.25, -0.2) is 4.98 Å². The Kier molecular flexibility index (Phi) is 4.59. The van der Waals surface area contributed by atoms with Gasteiger partial charge in [0.1, 0.15) is 5.82 Å². The van der Waals surface area contributed by atoms with Crippen LogP contribution in [-0.4, -0.2) is 25.1 Å². The van der Waals surface area contributed by atoms with E-state index in [1.807, 2.05) is 7.05 Å². The van der Waals surface area contributed by atoms with Crippen molar-refractivity contribution < 1.29 is 0 Å². The molecular formula is C15H25N3. The molecule has 3 nitrogen and oxygen atoms in total. The summed E-state index contributed by atoms with van der Waals surface area (Å²) in [6.07, 6.45) is 5.31. The molecular weight excluding hydrogens is 222 g/mol. The molecule has 0 aromatic carbocycles. The number of pyridine rings is 1. The van der Waals surface area contributed by atoms with Crippen LogP contribution in [0.5, 0.6) is 0 Å². The SMILES string of the molecule is CNCc1cccc(N(C)C2CCC(C)CC2)n1. The van der Waals surface area contributed by atoms with Gasteiger partial charge in [-0.1, -0.05) is 13.0 Å². The fourth-order valence-electron chi connectivity index (χ4n) is 2.76. The van der Waals surface area contributed by atoms with Crippen LogP contribution in [0.15, 0.2) is 18.2 Å². The molecule has 1 saturated carbocycles. The molecule has 0 bridgehead atoms. The third-order valence-electron chi connectivity index (χ3n) is 4.04. The molecule has 2 rings (SSSR count). The fourth-order valence-corrected chi connectivity index (χ4v) is 2.76. The molecule has 0 unspecified atom stereocenters. The minimum atomic E-state index is 0.665. The van der Waals surface area contributed by atoms with Gasteiger partial charge in [0.2, 0.25) is 0 Å². The molecule has 0 aliphatic heterocycles. The molecule has 1 heterocycles. The molecule has 0 saturated heterocycles. The lowest BCUT2D eigenvalue weighted by Gasteiger charge is -2.34. The van der Waals surface area contributed by atoms with Crippen LogP contribution >= 0.6 is 0 Å². The number of hydrogen-bond acceptors (Lipinski definition) is 3. The van der Waals surface area contributed by atoms with Crippen molar-refractivity contribution in [1.29, 1.82) is 0 Å². The van der Waals surface area contributed by atoms with Gasteiger partial charge in [-0.3, -0.25) is 0 Å². The zero-order valence-corrected chi connectivity index (χ0v) is 11.8. The fraction of sp³-hybridized carbons (Fsp3) is 0.667. The van der Waals surface area contributed by atoms with E-state index in [4.69, 9.17) is 4.98 Å². The molecule has 1 aromatic heterocycles. The number of nitrogens with one attached hydrogen (secondary N) is 1. The summed E-state index contributed by atoms with van der Waals surface area (Å²) in [5, 5.41) is 3.15. The summed E-state index contributed by atoms with van der Waals surface area (Å²) >= 11 is 0. The Bertz CT molecular complexity index is 370. The summed E-state index contributed by atoms with van der Waals surface area (Å²) in [6, 6.07) is 6.98. The van der Waals surface area contributed by atoms with E-state index in [0.717, 1.165) is 24.0 Å². The van der Waals surface area contributed by atoms with Crippen LogP contribution in [0.1, 0.15) is 38.3 Å². The van der Waals surface area contributed by atoms with Gasteiger partial charge in [-0.15, -0.1) is 0 Å². The van der Waals surface area contributed by atoms with Crippen LogP contribution < -0.4 is 10.2 Å². The zero-order chi connectivity index (χ0) is 13.0. The first-order valence-electron chi connectivity index (χ1n) is 7.04. The molecule has 18 heavy (non-hydrogen) atoms. The highest BCUT2D eigenvalue weighted by Gasteiger charge is 2.22. The van der Waals surface area contributed by atoms with E-state index in [-0.39, 0.29) is 0 Å². The van der Waals surface area contributed by atoms with E-state index in [1.165, 1.54) is 25.7 Å². The summed E-state index contributed by atoms with van der Waals surface area (Å²) in [4.78, 5) is 7.09. The Labute approximate surface area is 111 Å². The smallest absolute Gasteiger partial charge is 0.128 e. The lowest BCUT2D eigenvalue weighted by atomic mass is 9.87. The van der Waals surface area contributed by atoms with Crippen molar-refractivity contribution >= 4 is 5.82 Å². The van der Waals surface area contributed by atoms with E-state index in [1.54, 1.807) is 0 Å². The Morgan fingerprint density at radius 2 is 2.00 bits per heavy atom. The first kappa shape index (κ1) is 13.3. The van der Waals surface area contributed by atoms with Crippen LogP contribution in [0.4, 0.5) is 5.82 Å². The predicted octanol–water partition coefficient (Wildman–Crippen LogP) is 2.82. The molecule has 100 valence electrons. The van der Waals surface area contributed by atoms with E-state index in [2.05, 4.69) is 42.4 Å². The zero-order valence-electron chi connectivity index (χ0n) is 11.8. The average molecular weight is 247 g/mol. The van der Waals surface area contributed by atoms with E-state index in [0.29, 0.717) is 6.04 Å².